The molecule has 1 aromatic rings. The van der Waals surface area contributed by atoms with Crippen molar-refractivity contribution < 1.29 is 10.2 Å². The van der Waals surface area contributed by atoms with Crippen molar-refractivity contribution >= 4 is 0 Å². The minimum absolute atomic E-state index is 0.274. The van der Waals surface area contributed by atoms with Gasteiger partial charge >= 0.3 is 0 Å². The molecule has 0 aliphatic carbocycles. The minimum atomic E-state index is -1.10. The fourth-order valence-electron chi connectivity index (χ4n) is 3.13. The molecule has 0 aliphatic heterocycles. The van der Waals surface area contributed by atoms with Crippen molar-refractivity contribution in [3.63, 3.8) is 0 Å². The maximum Gasteiger partial charge on any atom is 0.120 e. The second-order valence-electron chi connectivity index (χ2n) is 16.3. The molecule has 0 saturated carbocycles. The topological polar surface area (TPSA) is 53.4 Å². The number of hydrogen-bond donors (Lipinski definition) is 2. The maximum atomic E-state index is 10.2. The molecule has 1 heterocycles. The molecule has 0 bridgehead atoms. The first-order chi connectivity index (χ1) is 19.6. The minimum Gasteiger partial charge on any atom is -0.378 e. The normalized spacial score (nSPS) is 11.9. The largest absolute Gasteiger partial charge is 0.378 e. The van der Waals surface area contributed by atoms with Gasteiger partial charge in [-0.2, -0.15) is 0 Å². The standard InChI is InChI=1S/C41H53NO2/c1-36(2,3)30(28-32(38(7,8)9)24-26-40(13,14)43)20-22-34-18-17-19-35(42-34)23-21-31(37(4,5)6)29-33(39(10,11)12)25-27-41(15,16)44/h17-19,43-44H,1-16H3. The van der Waals surface area contributed by atoms with E-state index in [-0.39, 0.29) is 21.7 Å². The summed E-state index contributed by atoms with van der Waals surface area (Å²) in [6, 6.07) is 5.63. The average Bonchev–Trinajstić information content (AvgIpc) is 2.78. The fraction of sp³-hybridized carbons (Fsp3) is 0.537. The molecule has 0 spiro atoms. The van der Waals surface area contributed by atoms with Gasteiger partial charge in [0, 0.05) is 21.7 Å². The molecule has 0 atom stereocenters. The van der Waals surface area contributed by atoms with Gasteiger partial charge < -0.3 is 10.2 Å². The van der Waals surface area contributed by atoms with E-state index in [9.17, 15) is 10.2 Å². The lowest BCUT2D eigenvalue weighted by molar-refractivity contribution is 0.143. The van der Waals surface area contributed by atoms with Gasteiger partial charge in [0.1, 0.15) is 22.6 Å². The summed E-state index contributed by atoms with van der Waals surface area (Å²) in [7, 11) is 0. The monoisotopic (exact) mass is 591 g/mol. The van der Waals surface area contributed by atoms with Crippen molar-refractivity contribution in [3.05, 3.63) is 63.3 Å². The molecule has 0 aromatic carbocycles. The molecule has 0 amide bonds. The second-order valence-corrected chi connectivity index (χ2v) is 16.3. The highest BCUT2D eigenvalue weighted by molar-refractivity contribution is 5.47. The van der Waals surface area contributed by atoms with Gasteiger partial charge in [-0.15, -0.1) is 0 Å². The zero-order chi connectivity index (χ0) is 34.4. The van der Waals surface area contributed by atoms with Crippen molar-refractivity contribution in [1.82, 2.24) is 4.98 Å². The van der Waals surface area contributed by atoms with Crippen LogP contribution in [-0.4, -0.2) is 26.4 Å². The van der Waals surface area contributed by atoms with Crippen LogP contribution in [0.25, 0.3) is 0 Å². The number of hydrogen-bond acceptors (Lipinski definition) is 3. The summed E-state index contributed by atoms with van der Waals surface area (Å²) in [5.74, 6) is 25.1. The van der Waals surface area contributed by atoms with Crippen LogP contribution in [0.2, 0.25) is 0 Å². The zero-order valence-electron chi connectivity index (χ0n) is 30.1. The lowest BCUT2D eigenvalue weighted by atomic mass is 9.82. The van der Waals surface area contributed by atoms with Gasteiger partial charge in [-0.3, -0.25) is 0 Å². The van der Waals surface area contributed by atoms with E-state index in [0.29, 0.717) is 11.4 Å². The molecule has 44 heavy (non-hydrogen) atoms. The van der Waals surface area contributed by atoms with Gasteiger partial charge in [-0.05, 0) is 51.7 Å². The van der Waals surface area contributed by atoms with E-state index < -0.39 is 11.2 Å². The van der Waals surface area contributed by atoms with Gasteiger partial charge in [-0.25, -0.2) is 4.98 Å². The van der Waals surface area contributed by atoms with Crippen molar-refractivity contribution in [2.24, 2.45) is 21.7 Å². The van der Waals surface area contributed by atoms with Crippen LogP contribution in [0, 0.1) is 69.0 Å². The zero-order valence-corrected chi connectivity index (χ0v) is 30.1. The van der Waals surface area contributed by atoms with Crippen molar-refractivity contribution in [2.45, 2.75) is 122 Å². The van der Waals surface area contributed by atoms with E-state index in [1.807, 2.05) is 18.2 Å². The van der Waals surface area contributed by atoms with E-state index in [2.05, 4.69) is 142 Å². The SMILES string of the molecule is CC(C)(O)C#CC(=C=C(C#Cc1cccc(C#CC(=C=C(C#CC(C)(C)O)C(C)(C)C)C(C)(C)C)n1)C(C)(C)C)C(C)(C)C. The number of aromatic nitrogens is 1. The van der Waals surface area contributed by atoms with E-state index in [1.54, 1.807) is 27.7 Å². The summed E-state index contributed by atoms with van der Waals surface area (Å²) in [5.41, 5.74) is 8.00. The molecule has 3 nitrogen and oxygen atoms in total. The van der Waals surface area contributed by atoms with Gasteiger partial charge in [-0.1, -0.05) is 136 Å². The Morgan fingerprint density at radius 1 is 0.477 bits per heavy atom. The van der Waals surface area contributed by atoms with E-state index in [4.69, 9.17) is 4.98 Å². The van der Waals surface area contributed by atoms with Crippen LogP contribution in [0.1, 0.15) is 122 Å². The molecule has 2 N–H and O–H groups in total. The molecular weight excluding hydrogens is 538 g/mol. The predicted molar refractivity (Wildman–Crippen MR) is 185 cm³/mol. The quantitative estimate of drug-likeness (QED) is 0.235. The molecule has 234 valence electrons. The van der Waals surface area contributed by atoms with Crippen LogP contribution < -0.4 is 0 Å². The third-order valence-electron chi connectivity index (χ3n) is 5.87. The molecule has 1 rings (SSSR count). The van der Waals surface area contributed by atoms with Crippen LogP contribution in [0.3, 0.4) is 0 Å². The Bertz CT molecular complexity index is 1490. The van der Waals surface area contributed by atoms with Crippen LogP contribution in [-0.2, 0) is 0 Å². The Balaban J connectivity index is 3.86. The molecule has 1 aromatic heterocycles. The third-order valence-corrected chi connectivity index (χ3v) is 5.87. The van der Waals surface area contributed by atoms with E-state index in [0.717, 1.165) is 22.3 Å². The molecule has 3 heteroatoms. The Labute approximate surface area is 269 Å². The number of nitrogens with zero attached hydrogens (tertiary/aromatic N) is 1. The van der Waals surface area contributed by atoms with Gasteiger partial charge in [0.05, 0.1) is 22.3 Å². The third kappa shape index (κ3) is 14.7. The Kier molecular flexibility index (Phi) is 12.2. The van der Waals surface area contributed by atoms with Gasteiger partial charge in [0.2, 0.25) is 0 Å². The molecule has 0 fully saturated rings. The first-order valence-electron chi connectivity index (χ1n) is 15.1. The van der Waals surface area contributed by atoms with E-state index in [1.165, 1.54) is 0 Å². The summed E-state index contributed by atoms with van der Waals surface area (Å²) < 4.78 is 0. The molecular formula is C41H53NO2. The van der Waals surface area contributed by atoms with Gasteiger partial charge in [0.25, 0.3) is 0 Å². The molecule has 0 radical (unpaired) electrons. The first kappa shape index (κ1) is 38.4. The average molecular weight is 592 g/mol. The highest BCUT2D eigenvalue weighted by Crippen LogP contribution is 2.30. The molecule has 0 aliphatic rings. The Morgan fingerprint density at radius 3 is 1.00 bits per heavy atom. The van der Waals surface area contributed by atoms with Crippen LogP contribution in [0.15, 0.2) is 52.0 Å². The summed E-state index contributed by atoms with van der Waals surface area (Å²) in [5, 5.41) is 20.3. The van der Waals surface area contributed by atoms with Crippen LogP contribution in [0.4, 0.5) is 0 Å². The predicted octanol–water partition coefficient (Wildman–Crippen LogP) is 8.42. The van der Waals surface area contributed by atoms with Crippen molar-refractivity contribution in [3.8, 4) is 47.4 Å². The number of allylic oxidation sites excluding steroid dienone is 2. The van der Waals surface area contributed by atoms with Crippen LogP contribution >= 0.6 is 0 Å². The lowest BCUT2D eigenvalue weighted by Crippen LogP contribution is -2.16. The highest BCUT2D eigenvalue weighted by atomic mass is 16.3. The maximum absolute atomic E-state index is 10.2. The first-order valence-corrected chi connectivity index (χ1v) is 15.1. The van der Waals surface area contributed by atoms with Crippen LogP contribution in [0.5, 0.6) is 0 Å². The van der Waals surface area contributed by atoms with Crippen molar-refractivity contribution in [2.75, 3.05) is 0 Å². The summed E-state index contributed by atoms with van der Waals surface area (Å²) in [4.78, 5) is 4.71. The molecule has 0 saturated heterocycles. The summed E-state index contributed by atoms with van der Waals surface area (Å²) >= 11 is 0. The summed E-state index contributed by atoms with van der Waals surface area (Å²) in [6.07, 6.45) is 0. The van der Waals surface area contributed by atoms with Gasteiger partial charge in [0.15, 0.2) is 0 Å². The van der Waals surface area contributed by atoms with Crippen molar-refractivity contribution in [1.29, 1.82) is 0 Å². The number of pyridine rings is 1. The summed E-state index contributed by atoms with van der Waals surface area (Å²) in [6.45, 7) is 31.7. The van der Waals surface area contributed by atoms with E-state index >= 15 is 0 Å². The number of rotatable bonds is 0. The lowest BCUT2D eigenvalue weighted by Gasteiger charge is -2.20. The Hall–Kier alpha value is -3.65. The molecule has 0 unspecified atom stereocenters. The Morgan fingerprint density at radius 2 is 0.750 bits per heavy atom. The number of aliphatic hydroxyl groups is 2. The second kappa shape index (κ2) is 14.0. The fourth-order valence-corrected chi connectivity index (χ4v) is 3.13. The highest BCUT2D eigenvalue weighted by Gasteiger charge is 2.22. The smallest absolute Gasteiger partial charge is 0.120 e.